The maximum absolute atomic E-state index is 12.1. The third-order valence-electron chi connectivity index (χ3n) is 2.97. The molecule has 0 radical (unpaired) electrons. The molecule has 0 amide bonds. The molecule has 0 aromatic heterocycles. The van der Waals surface area contributed by atoms with E-state index in [1.165, 1.54) is 11.1 Å². The van der Waals surface area contributed by atoms with E-state index in [1.54, 1.807) is 0 Å². The number of rotatable bonds is 2. The average Bonchev–Trinajstić information content (AvgIpc) is 2.56. The smallest absolute Gasteiger partial charge is 0.0976 e. The number of fused-ring (bicyclic) bond motifs is 1. The summed E-state index contributed by atoms with van der Waals surface area (Å²) in [6, 6.07) is 8.35. The van der Waals surface area contributed by atoms with Crippen LogP contribution in [0.4, 0.5) is 0 Å². The van der Waals surface area contributed by atoms with Crippen molar-refractivity contribution in [1.29, 1.82) is 0 Å². The van der Waals surface area contributed by atoms with Crippen molar-refractivity contribution in [2.45, 2.75) is 38.0 Å². The molecule has 0 spiro atoms. The van der Waals surface area contributed by atoms with Crippen molar-refractivity contribution in [2.75, 3.05) is 0 Å². The van der Waals surface area contributed by atoms with Gasteiger partial charge < -0.3 is 0 Å². The molecule has 0 unspecified atom stereocenters. The first kappa shape index (κ1) is 12.5. The molecule has 1 aromatic rings. The standard InChI is InChI=1S/C14H19NOS/c1-10-9-13(15-17(16)14(2,3)4)12-8-6-5-7-11(10)12/h5-8,13,15H,1,9H2,2-4H3/t13-,17+/m1/s1. The van der Waals surface area contributed by atoms with Gasteiger partial charge in [0.05, 0.1) is 15.7 Å². The summed E-state index contributed by atoms with van der Waals surface area (Å²) < 4.78 is 15.1. The number of hydrogen-bond donors (Lipinski definition) is 1. The van der Waals surface area contributed by atoms with Gasteiger partial charge in [0.15, 0.2) is 0 Å². The van der Waals surface area contributed by atoms with Crippen molar-refractivity contribution >= 4 is 16.6 Å². The van der Waals surface area contributed by atoms with E-state index in [4.69, 9.17) is 0 Å². The summed E-state index contributed by atoms with van der Waals surface area (Å²) in [7, 11) is -1.04. The summed E-state index contributed by atoms with van der Waals surface area (Å²) in [6.45, 7) is 10.0. The molecule has 1 N–H and O–H groups in total. The maximum atomic E-state index is 12.1. The van der Waals surface area contributed by atoms with Crippen LogP contribution in [0, 0.1) is 0 Å². The van der Waals surface area contributed by atoms with Gasteiger partial charge >= 0.3 is 0 Å². The zero-order valence-electron chi connectivity index (χ0n) is 10.6. The van der Waals surface area contributed by atoms with Crippen LogP contribution in [-0.2, 0) is 11.0 Å². The van der Waals surface area contributed by atoms with Crippen LogP contribution >= 0.6 is 0 Å². The zero-order valence-corrected chi connectivity index (χ0v) is 11.4. The first-order valence-electron chi connectivity index (χ1n) is 5.84. The highest BCUT2D eigenvalue weighted by atomic mass is 32.2. The predicted octanol–water partition coefficient (Wildman–Crippen LogP) is 3.20. The van der Waals surface area contributed by atoms with Gasteiger partial charge in [0.2, 0.25) is 0 Å². The van der Waals surface area contributed by atoms with Crippen molar-refractivity contribution < 1.29 is 4.21 Å². The van der Waals surface area contributed by atoms with Gasteiger partial charge in [0.25, 0.3) is 0 Å². The Kier molecular flexibility index (Phi) is 3.23. The van der Waals surface area contributed by atoms with Gasteiger partial charge in [-0.15, -0.1) is 0 Å². The number of hydrogen-bond acceptors (Lipinski definition) is 1. The van der Waals surface area contributed by atoms with Crippen molar-refractivity contribution in [2.24, 2.45) is 0 Å². The lowest BCUT2D eigenvalue weighted by Gasteiger charge is -2.22. The Bertz CT molecular complexity index is 473. The van der Waals surface area contributed by atoms with Gasteiger partial charge in [-0.2, -0.15) is 0 Å². The average molecular weight is 249 g/mol. The largest absolute Gasteiger partial charge is 0.242 e. The monoisotopic (exact) mass is 249 g/mol. The quantitative estimate of drug-likeness (QED) is 0.857. The van der Waals surface area contributed by atoms with Crippen LogP contribution in [-0.4, -0.2) is 8.96 Å². The fourth-order valence-corrected chi connectivity index (χ4v) is 2.82. The van der Waals surface area contributed by atoms with E-state index in [-0.39, 0.29) is 10.8 Å². The van der Waals surface area contributed by atoms with Gasteiger partial charge in [0.1, 0.15) is 0 Å². The molecule has 1 aliphatic carbocycles. The molecule has 1 aromatic carbocycles. The van der Waals surface area contributed by atoms with Gasteiger partial charge in [0, 0.05) is 6.04 Å². The van der Waals surface area contributed by atoms with Crippen LogP contribution in [0.3, 0.4) is 0 Å². The minimum atomic E-state index is -1.04. The van der Waals surface area contributed by atoms with E-state index in [9.17, 15) is 4.21 Å². The molecule has 0 heterocycles. The van der Waals surface area contributed by atoms with Crippen LogP contribution in [0.25, 0.3) is 5.57 Å². The van der Waals surface area contributed by atoms with E-state index in [0.717, 1.165) is 12.0 Å². The maximum Gasteiger partial charge on any atom is 0.0976 e. The molecule has 0 saturated carbocycles. The molecule has 1 aliphatic rings. The lowest BCUT2D eigenvalue weighted by Crippen LogP contribution is -2.35. The van der Waals surface area contributed by atoms with Crippen molar-refractivity contribution in [1.82, 2.24) is 4.72 Å². The highest BCUT2D eigenvalue weighted by molar-refractivity contribution is 7.84. The van der Waals surface area contributed by atoms with Crippen LogP contribution < -0.4 is 4.72 Å². The zero-order chi connectivity index (χ0) is 12.6. The fraction of sp³-hybridized carbons (Fsp3) is 0.429. The van der Waals surface area contributed by atoms with E-state index >= 15 is 0 Å². The van der Waals surface area contributed by atoms with Crippen LogP contribution in [0.5, 0.6) is 0 Å². The highest BCUT2D eigenvalue weighted by Gasteiger charge is 2.29. The second kappa shape index (κ2) is 4.39. The first-order valence-corrected chi connectivity index (χ1v) is 6.99. The lowest BCUT2D eigenvalue weighted by atomic mass is 10.1. The van der Waals surface area contributed by atoms with E-state index < -0.39 is 11.0 Å². The third-order valence-corrected chi connectivity index (χ3v) is 4.58. The topological polar surface area (TPSA) is 29.1 Å². The first-order chi connectivity index (χ1) is 7.89. The summed E-state index contributed by atoms with van der Waals surface area (Å²) in [4.78, 5) is 0. The minimum absolute atomic E-state index is 0.138. The molecule has 17 heavy (non-hydrogen) atoms. The number of benzene rings is 1. The van der Waals surface area contributed by atoms with Gasteiger partial charge in [-0.05, 0) is 43.9 Å². The number of nitrogens with one attached hydrogen (secondary N) is 1. The Labute approximate surface area is 106 Å². The second-order valence-electron chi connectivity index (χ2n) is 5.45. The van der Waals surface area contributed by atoms with E-state index in [0.29, 0.717) is 0 Å². The summed E-state index contributed by atoms with van der Waals surface area (Å²) in [6.07, 6.45) is 0.848. The molecule has 2 atom stereocenters. The minimum Gasteiger partial charge on any atom is -0.242 e. The predicted molar refractivity (Wildman–Crippen MR) is 73.9 cm³/mol. The Balaban J connectivity index is 2.21. The molecular formula is C14H19NOS. The molecule has 2 rings (SSSR count). The summed E-state index contributed by atoms with van der Waals surface area (Å²) in [5.41, 5.74) is 3.55. The van der Waals surface area contributed by atoms with Crippen LogP contribution in [0.2, 0.25) is 0 Å². The fourth-order valence-electron chi connectivity index (χ4n) is 2.00. The molecule has 3 heteroatoms. The van der Waals surface area contributed by atoms with E-state index in [1.807, 2.05) is 32.9 Å². The third kappa shape index (κ3) is 2.50. The lowest BCUT2D eigenvalue weighted by molar-refractivity contribution is 0.610. The summed E-state index contributed by atoms with van der Waals surface area (Å²) >= 11 is 0. The summed E-state index contributed by atoms with van der Waals surface area (Å²) in [5.74, 6) is 0. The van der Waals surface area contributed by atoms with Crippen molar-refractivity contribution in [3.63, 3.8) is 0 Å². The Hall–Kier alpha value is -0.930. The molecule has 0 bridgehead atoms. The Morgan fingerprint density at radius 3 is 2.65 bits per heavy atom. The molecule has 0 aliphatic heterocycles. The van der Waals surface area contributed by atoms with Crippen LogP contribution in [0.15, 0.2) is 30.8 Å². The molecule has 92 valence electrons. The molecule has 0 saturated heterocycles. The molecule has 0 fully saturated rings. The molecular weight excluding hydrogens is 230 g/mol. The normalized spacial score (nSPS) is 21.4. The second-order valence-corrected chi connectivity index (χ2v) is 7.44. The Morgan fingerprint density at radius 2 is 2.00 bits per heavy atom. The molecule has 2 nitrogen and oxygen atoms in total. The highest BCUT2D eigenvalue weighted by Crippen LogP contribution is 2.38. The SMILES string of the molecule is C=C1C[C@@H](N[S@@](=O)C(C)(C)C)c2ccccc21. The van der Waals surface area contributed by atoms with Gasteiger partial charge in [-0.25, -0.2) is 8.93 Å². The van der Waals surface area contributed by atoms with Gasteiger partial charge in [-0.3, -0.25) is 0 Å². The van der Waals surface area contributed by atoms with E-state index in [2.05, 4.69) is 23.4 Å². The summed E-state index contributed by atoms with van der Waals surface area (Å²) in [5, 5.41) is 0. The van der Waals surface area contributed by atoms with Crippen LogP contribution in [0.1, 0.15) is 44.4 Å². The Morgan fingerprint density at radius 1 is 1.35 bits per heavy atom. The van der Waals surface area contributed by atoms with Crippen molar-refractivity contribution in [3.8, 4) is 0 Å². The van der Waals surface area contributed by atoms with Crippen molar-refractivity contribution in [3.05, 3.63) is 42.0 Å². The van der Waals surface area contributed by atoms with Gasteiger partial charge in [-0.1, -0.05) is 30.8 Å².